The predicted octanol–water partition coefficient (Wildman–Crippen LogP) is 3.96. The van der Waals surface area contributed by atoms with Gasteiger partial charge in [0.2, 0.25) is 0 Å². The molecule has 2 aromatic rings. The van der Waals surface area contributed by atoms with Crippen molar-refractivity contribution in [2.75, 3.05) is 0 Å². The third-order valence-electron chi connectivity index (χ3n) is 3.94. The molecule has 2 aromatic carbocycles. The van der Waals surface area contributed by atoms with Crippen molar-refractivity contribution >= 4 is 17.7 Å². The lowest BCUT2D eigenvalue weighted by Crippen LogP contribution is -2.14. The van der Waals surface area contributed by atoms with Crippen molar-refractivity contribution in [1.82, 2.24) is 5.48 Å². The third kappa shape index (κ3) is 4.89. The molecule has 1 atom stereocenters. The van der Waals surface area contributed by atoms with Crippen molar-refractivity contribution in [3.05, 3.63) is 77.4 Å². The van der Waals surface area contributed by atoms with Gasteiger partial charge in [0, 0.05) is 24.1 Å². The molecule has 0 aliphatic carbocycles. The lowest BCUT2D eigenvalue weighted by molar-refractivity contribution is -0.124. The number of benzene rings is 2. The number of rotatable bonds is 7. The highest BCUT2D eigenvalue weighted by atomic mass is 16.5. The van der Waals surface area contributed by atoms with Crippen LogP contribution in [0.3, 0.4) is 0 Å². The fourth-order valence-electron chi connectivity index (χ4n) is 2.67. The van der Waals surface area contributed by atoms with Crippen LogP contribution in [0.2, 0.25) is 0 Å². The Labute approximate surface area is 142 Å². The largest absolute Gasteiger partial charge is 0.309 e. The summed E-state index contributed by atoms with van der Waals surface area (Å²) in [6.45, 7) is 2.09. The summed E-state index contributed by atoms with van der Waals surface area (Å²) in [6.07, 6.45) is 4.42. The van der Waals surface area contributed by atoms with Crippen LogP contribution in [0.4, 0.5) is 0 Å². The Kier molecular flexibility index (Phi) is 6.46. The molecule has 0 saturated heterocycles. The number of hydrogen-bond donors (Lipinski definition) is 3. The monoisotopic (exact) mass is 322 g/mol. The highest BCUT2D eigenvalue weighted by Crippen LogP contribution is 2.23. The van der Waals surface area contributed by atoms with E-state index in [2.05, 4.69) is 6.92 Å². The van der Waals surface area contributed by atoms with Gasteiger partial charge in [-0.15, -0.1) is 0 Å². The molecule has 0 aliphatic heterocycles. The van der Waals surface area contributed by atoms with Crippen LogP contribution in [0.5, 0.6) is 0 Å². The van der Waals surface area contributed by atoms with Gasteiger partial charge in [0.1, 0.15) is 0 Å². The normalized spacial score (nSPS) is 12.1. The Balaban J connectivity index is 2.08. The molecule has 0 fully saturated rings. The molecule has 124 valence electrons. The van der Waals surface area contributed by atoms with Gasteiger partial charge in [0.25, 0.3) is 5.91 Å². The molecular weight excluding hydrogens is 300 g/mol. The van der Waals surface area contributed by atoms with Gasteiger partial charge in [-0.05, 0) is 29.2 Å². The van der Waals surface area contributed by atoms with Crippen molar-refractivity contribution in [2.24, 2.45) is 0 Å². The van der Waals surface area contributed by atoms with Crippen molar-refractivity contribution in [3.8, 4) is 0 Å². The summed E-state index contributed by atoms with van der Waals surface area (Å²) in [5, 5.41) is 16.9. The maximum absolute atomic E-state index is 11.0. The maximum atomic E-state index is 11.0. The zero-order valence-electron chi connectivity index (χ0n) is 13.7. The van der Waals surface area contributed by atoms with Gasteiger partial charge in [-0.2, -0.15) is 0 Å². The molecule has 0 unspecified atom stereocenters. The molecule has 4 heteroatoms. The molecule has 1 amide bonds. The van der Waals surface area contributed by atoms with E-state index in [0.717, 1.165) is 23.1 Å². The number of amides is 1. The average molecular weight is 322 g/mol. The average Bonchev–Trinajstić information content (AvgIpc) is 2.62. The smallest absolute Gasteiger partial charge is 0.267 e. The lowest BCUT2D eigenvalue weighted by atomic mass is 9.88. The molecule has 0 aromatic heterocycles. The molecule has 0 spiro atoms. The van der Waals surface area contributed by atoms with Crippen molar-refractivity contribution < 1.29 is 10.0 Å². The van der Waals surface area contributed by atoms with E-state index in [1.54, 1.807) is 11.6 Å². The summed E-state index contributed by atoms with van der Waals surface area (Å²) in [5.41, 5.74) is 5.37. The van der Waals surface area contributed by atoms with Crippen LogP contribution in [0.25, 0.3) is 6.08 Å². The summed E-state index contributed by atoms with van der Waals surface area (Å²) in [5.74, 6) is -0.473. The van der Waals surface area contributed by atoms with Gasteiger partial charge in [-0.25, -0.2) is 5.48 Å². The summed E-state index contributed by atoms with van der Waals surface area (Å²) in [4.78, 5) is 11.0. The Morgan fingerprint density at radius 1 is 1.17 bits per heavy atom. The Morgan fingerprint density at radius 3 is 2.42 bits per heavy atom. The zero-order chi connectivity index (χ0) is 17.4. The van der Waals surface area contributed by atoms with E-state index in [0.29, 0.717) is 12.1 Å². The summed E-state index contributed by atoms with van der Waals surface area (Å²) < 4.78 is 0. The van der Waals surface area contributed by atoms with Gasteiger partial charge >= 0.3 is 0 Å². The second-order valence-corrected chi connectivity index (χ2v) is 5.62. The lowest BCUT2D eigenvalue weighted by Gasteiger charge is -2.17. The number of carbonyl (C=O) groups excluding carboxylic acids is 1. The second kappa shape index (κ2) is 8.79. The molecule has 0 bridgehead atoms. The van der Waals surface area contributed by atoms with Gasteiger partial charge in [0.05, 0.1) is 0 Å². The number of nitrogens with one attached hydrogen (secondary N) is 2. The highest BCUT2D eigenvalue weighted by Gasteiger charge is 2.15. The van der Waals surface area contributed by atoms with E-state index < -0.39 is 5.91 Å². The van der Waals surface area contributed by atoms with Crippen molar-refractivity contribution in [1.29, 1.82) is 5.41 Å². The minimum Gasteiger partial charge on any atom is -0.309 e. The van der Waals surface area contributed by atoms with Gasteiger partial charge in [-0.3, -0.25) is 10.0 Å². The molecule has 0 heterocycles. The molecule has 24 heavy (non-hydrogen) atoms. The van der Waals surface area contributed by atoms with Crippen LogP contribution in [0.1, 0.15) is 36.0 Å². The molecule has 3 N–H and O–H groups in total. The van der Waals surface area contributed by atoms with E-state index in [1.165, 1.54) is 6.08 Å². The first kappa shape index (κ1) is 17.6. The first-order chi connectivity index (χ1) is 11.6. The van der Waals surface area contributed by atoms with Gasteiger partial charge < -0.3 is 5.41 Å². The summed E-state index contributed by atoms with van der Waals surface area (Å²) >= 11 is 0. The van der Waals surface area contributed by atoms with Crippen LogP contribution in [-0.4, -0.2) is 16.8 Å². The van der Waals surface area contributed by atoms with Gasteiger partial charge in [0.15, 0.2) is 0 Å². The molecule has 0 radical (unpaired) electrons. The van der Waals surface area contributed by atoms with Crippen LogP contribution in [0.15, 0.2) is 60.7 Å². The molecule has 2 rings (SSSR count). The quantitative estimate of drug-likeness (QED) is 0.312. The van der Waals surface area contributed by atoms with Crippen LogP contribution >= 0.6 is 0 Å². The van der Waals surface area contributed by atoms with E-state index in [4.69, 9.17) is 10.6 Å². The highest BCUT2D eigenvalue weighted by molar-refractivity contribution is 5.91. The van der Waals surface area contributed by atoms with Crippen LogP contribution in [0, 0.1) is 5.41 Å². The minimum absolute atomic E-state index is 0.0870. The standard InChI is InChI=1S/C20H22N2O2/c1-2-18(19(21)14-16-6-4-3-5-7-16)17-11-8-15(9-12-17)10-13-20(23)22-24/h3-13,18,21,24H,2,14H2,1H3,(H,22,23)/b13-10+,21-19?/t18-/m0/s1. The molecule has 4 nitrogen and oxygen atoms in total. The number of hydrogen-bond acceptors (Lipinski definition) is 3. The van der Waals surface area contributed by atoms with E-state index in [-0.39, 0.29) is 5.92 Å². The summed E-state index contributed by atoms with van der Waals surface area (Å²) in [6, 6.07) is 17.9. The molecule has 0 saturated carbocycles. The number of carbonyl (C=O) groups is 1. The van der Waals surface area contributed by atoms with Crippen LogP contribution in [-0.2, 0) is 11.2 Å². The molecule has 0 aliphatic rings. The van der Waals surface area contributed by atoms with Gasteiger partial charge in [-0.1, -0.05) is 61.5 Å². The topological polar surface area (TPSA) is 73.2 Å². The fraction of sp³-hybridized carbons (Fsp3) is 0.200. The Morgan fingerprint density at radius 2 is 1.83 bits per heavy atom. The maximum Gasteiger partial charge on any atom is 0.267 e. The fourth-order valence-corrected chi connectivity index (χ4v) is 2.67. The van der Waals surface area contributed by atoms with Crippen molar-refractivity contribution in [3.63, 3.8) is 0 Å². The zero-order valence-corrected chi connectivity index (χ0v) is 13.7. The minimum atomic E-state index is -0.560. The first-order valence-corrected chi connectivity index (χ1v) is 7.97. The van der Waals surface area contributed by atoms with E-state index >= 15 is 0 Å². The van der Waals surface area contributed by atoms with Crippen LogP contribution < -0.4 is 5.48 Å². The molecular formula is C20H22N2O2. The Hall–Kier alpha value is -2.72. The van der Waals surface area contributed by atoms with Crippen molar-refractivity contribution in [2.45, 2.75) is 25.7 Å². The number of hydroxylamine groups is 1. The third-order valence-corrected chi connectivity index (χ3v) is 3.94. The SMILES string of the molecule is CC[C@H](C(=N)Cc1ccccc1)c1ccc(/C=C/C(=O)NO)cc1. The predicted molar refractivity (Wildman–Crippen MR) is 96.3 cm³/mol. The Bertz CT molecular complexity index is 706. The first-order valence-electron chi connectivity index (χ1n) is 7.97. The second-order valence-electron chi connectivity index (χ2n) is 5.62. The van der Waals surface area contributed by atoms with E-state index in [9.17, 15) is 4.79 Å². The summed E-state index contributed by atoms with van der Waals surface area (Å²) in [7, 11) is 0. The van der Waals surface area contributed by atoms with E-state index in [1.807, 2.05) is 54.6 Å².